The smallest absolute Gasteiger partial charge is 0.404 e. The molecular weight excluding hydrogens is 231 g/mol. The molecule has 1 aromatic heterocycles. The van der Waals surface area contributed by atoms with Crippen LogP contribution in [0, 0.1) is 0 Å². The second-order valence-electron chi connectivity index (χ2n) is 3.75. The van der Waals surface area contributed by atoms with Crippen LogP contribution in [0.4, 0.5) is 13.2 Å². The van der Waals surface area contributed by atoms with Gasteiger partial charge in [0.05, 0.1) is 5.52 Å². The minimum atomic E-state index is -4.66. The van der Waals surface area contributed by atoms with Crippen LogP contribution < -0.4 is 4.74 Å². The Morgan fingerprint density at radius 3 is 2.65 bits per heavy atom. The molecule has 0 bridgehead atoms. The molecule has 0 atom stereocenters. The van der Waals surface area contributed by atoms with Crippen LogP contribution in [0.15, 0.2) is 30.5 Å². The summed E-state index contributed by atoms with van der Waals surface area (Å²) in [6.07, 6.45) is -2.03. The molecule has 0 aliphatic carbocycles. The average molecular weight is 243 g/mol. The molecule has 0 aliphatic heterocycles. The van der Waals surface area contributed by atoms with E-state index in [1.807, 2.05) is 6.92 Å². The number of hydrogen-bond donors (Lipinski definition) is 0. The Labute approximate surface area is 96.6 Å². The van der Waals surface area contributed by atoms with E-state index in [4.69, 9.17) is 0 Å². The maximum absolute atomic E-state index is 12.3. The zero-order valence-electron chi connectivity index (χ0n) is 9.29. The van der Waals surface area contributed by atoms with E-state index in [1.165, 1.54) is 6.07 Å². The van der Waals surface area contributed by atoms with Crippen LogP contribution in [-0.4, -0.2) is 10.9 Å². The molecule has 0 radical (unpaired) electrons. The summed E-state index contributed by atoms with van der Waals surface area (Å²) in [5, 5.41) is 0.750. The number of alkyl halides is 3. The summed E-state index contributed by atoms with van der Waals surface area (Å²) in [4.78, 5) is 0. The lowest BCUT2D eigenvalue weighted by atomic mass is 10.2. The maximum atomic E-state index is 12.3. The second-order valence-corrected chi connectivity index (χ2v) is 3.75. The van der Waals surface area contributed by atoms with E-state index in [-0.39, 0.29) is 5.75 Å². The highest BCUT2D eigenvalue weighted by atomic mass is 19.4. The number of rotatable bonds is 3. The van der Waals surface area contributed by atoms with Gasteiger partial charge >= 0.3 is 6.36 Å². The van der Waals surface area contributed by atoms with E-state index in [9.17, 15) is 13.2 Å². The van der Waals surface area contributed by atoms with Crippen molar-refractivity contribution in [3.8, 4) is 5.75 Å². The lowest BCUT2D eigenvalue weighted by molar-refractivity contribution is -0.274. The first kappa shape index (κ1) is 11.8. The van der Waals surface area contributed by atoms with Crippen molar-refractivity contribution in [2.24, 2.45) is 0 Å². The van der Waals surface area contributed by atoms with Crippen LogP contribution in [0.25, 0.3) is 10.9 Å². The van der Waals surface area contributed by atoms with Crippen LogP contribution in [0.5, 0.6) is 5.75 Å². The standard InChI is InChI=1S/C12H12F3NO/c1-2-7-16-8-6-9-4-3-5-10(11(9)16)17-12(13,14)15/h3-6,8H,2,7H2,1H3. The van der Waals surface area contributed by atoms with Gasteiger partial charge in [-0.15, -0.1) is 13.2 Å². The Kier molecular flexibility index (Phi) is 3.00. The zero-order chi connectivity index (χ0) is 12.5. The highest BCUT2D eigenvalue weighted by Gasteiger charge is 2.32. The van der Waals surface area contributed by atoms with E-state index in [0.29, 0.717) is 12.1 Å². The molecule has 17 heavy (non-hydrogen) atoms. The molecule has 0 fully saturated rings. The van der Waals surface area contributed by atoms with E-state index < -0.39 is 6.36 Å². The molecule has 0 aliphatic rings. The van der Waals surface area contributed by atoms with Gasteiger partial charge in [0, 0.05) is 18.1 Å². The first-order valence-corrected chi connectivity index (χ1v) is 5.35. The molecule has 92 valence electrons. The Hall–Kier alpha value is -1.65. The quantitative estimate of drug-likeness (QED) is 0.796. The van der Waals surface area contributed by atoms with Crippen molar-refractivity contribution in [3.05, 3.63) is 30.5 Å². The lowest BCUT2D eigenvalue weighted by Gasteiger charge is -2.12. The average Bonchev–Trinajstić information content (AvgIpc) is 2.61. The van der Waals surface area contributed by atoms with Crippen molar-refractivity contribution < 1.29 is 17.9 Å². The number of hydrogen-bond acceptors (Lipinski definition) is 1. The van der Waals surface area contributed by atoms with Crippen molar-refractivity contribution in [2.75, 3.05) is 0 Å². The third-order valence-electron chi connectivity index (χ3n) is 2.44. The summed E-state index contributed by atoms with van der Waals surface area (Å²) < 4.78 is 42.6. The van der Waals surface area contributed by atoms with E-state index in [2.05, 4.69) is 4.74 Å². The molecule has 1 heterocycles. The number of benzene rings is 1. The number of aryl methyl sites for hydroxylation is 1. The van der Waals surface area contributed by atoms with Gasteiger partial charge in [0.2, 0.25) is 0 Å². The number of ether oxygens (including phenoxy) is 1. The van der Waals surface area contributed by atoms with Crippen molar-refractivity contribution in [1.29, 1.82) is 0 Å². The molecule has 2 nitrogen and oxygen atoms in total. The fourth-order valence-electron chi connectivity index (χ4n) is 1.86. The van der Waals surface area contributed by atoms with Gasteiger partial charge in [-0.05, 0) is 18.6 Å². The largest absolute Gasteiger partial charge is 0.573 e. The van der Waals surface area contributed by atoms with Gasteiger partial charge in [0.1, 0.15) is 0 Å². The van der Waals surface area contributed by atoms with Gasteiger partial charge in [-0.3, -0.25) is 0 Å². The van der Waals surface area contributed by atoms with Crippen LogP contribution in [-0.2, 0) is 6.54 Å². The number of fused-ring (bicyclic) bond motifs is 1. The Morgan fingerprint density at radius 1 is 1.24 bits per heavy atom. The molecule has 0 spiro atoms. The molecule has 2 aromatic rings. The van der Waals surface area contributed by atoms with Crippen molar-refractivity contribution in [2.45, 2.75) is 26.3 Å². The normalized spacial score (nSPS) is 12.0. The topological polar surface area (TPSA) is 14.2 Å². The van der Waals surface area contributed by atoms with Crippen LogP contribution in [0.1, 0.15) is 13.3 Å². The highest BCUT2D eigenvalue weighted by Crippen LogP contribution is 2.31. The summed E-state index contributed by atoms with van der Waals surface area (Å²) in [5.41, 5.74) is 0.492. The summed E-state index contributed by atoms with van der Waals surface area (Å²) in [6.45, 7) is 2.64. The van der Waals surface area contributed by atoms with Crippen LogP contribution in [0.3, 0.4) is 0 Å². The third-order valence-corrected chi connectivity index (χ3v) is 2.44. The minimum absolute atomic E-state index is 0.145. The maximum Gasteiger partial charge on any atom is 0.573 e. The van der Waals surface area contributed by atoms with Gasteiger partial charge in [0.25, 0.3) is 0 Å². The van der Waals surface area contributed by atoms with E-state index in [1.54, 1.807) is 29.0 Å². The molecule has 5 heteroatoms. The predicted molar refractivity (Wildman–Crippen MR) is 58.9 cm³/mol. The number of halogens is 3. The number of para-hydroxylation sites is 1. The predicted octanol–water partition coefficient (Wildman–Crippen LogP) is 3.95. The Balaban J connectivity index is 2.50. The molecule has 0 saturated carbocycles. The molecule has 1 aromatic carbocycles. The molecule has 0 N–H and O–H groups in total. The summed E-state index contributed by atoms with van der Waals surface area (Å²) in [6, 6.07) is 6.45. The van der Waals surface area contributed by atoms with Crippen LogP contribution in [0.2, 0.25) is 0 Å². The second kappa shape index (κ2) is 4.31. The van der Waals surface area contributed by atoms with E-state index in [0.717, 1.165) is 11.8 Å². The molecule has 0 amide bonds. The van der Waals surface area contributed by atoms with Gasteiger partial charge in [-0.25, -0.2) is 0 Å². The fourth-order valence-corrected chi connectivity index (χ4v) is 1.86. The van der Waals surface area contributed by atoms with Crippen molar-refractivity contribution in [1.82, 2.24) is 4.57 Å². The van der Waals surface area contributed by atoms with E-state index >= 15 is 0 Å². The number of aromatic nitrogens is 1. The Bertz CT molecular complexity index is 516. The highest BCUT2D eigenvalue weighted by molar-refractivity contribution is 5.86. The minimum Gasteiger partial charge on any atom is -0.404 e. The first-order valence-electron chi connectivity index (χ1n) is 5.35. The SMILES string of the molecule is CCCn1ccc2cccc(OC(F)(F)F)c21. The molecule has 2 rings (SSSR count). The monoisotopic (exact) mass is 243 g/mol. The van der Waals surface area contributed by atoms with Gasteiger partial charge in [-0.2, -0.15) is 0 Å². The lowest BCUT2D eigenvalue weighted by Crippen LogP contribution is -2.17. The molecular formula is C12H12F3NO. The summed E-state index contributed by atoms with van der Waals surface area (Å²) in [7, 11) is 0. The summed E-state index contributed by atoms with van der Waals surface area (Å²) in [5.74, 6) is -0.145. The molecule has 0 saturated heterocycles. The number of nitrogens with zero attached hydrogens (tertiary/aromatic N) is 1. The Morgan fingerprint density at radius 2 is 2.00 bits per heavy atom. The molecule has 0 unspecified atom stereocenters. The van der Waals surface area contributed by atoms with Gasteiger partial charge in [0.15, 0.2) is 5.75 Å². The fraction of sp³-hybridized carbons (Fsp3) is 0.333. The van der Waals surface area contributed by atoms with Crippen LogP contribution >= 0.6 is 0 Å². The third kappa shape index (κ3) is 2.54. The van der Waals surface area contributed by atoms with Crippen molar-refractivity contribution >= 4 is 10.9 Å². The van der Waals surface area contributed by atoms with Gasteiger partial charge in [-0.1, -0.05) is 19.1 Å². The summed E-state index contributed by atoms with van der Waals surface area (Å²) >= 11 is 0. The zero-order valence-corrected chi connectivity index (χ0v) is 9.29. The van der Waals surface area contributed by atoms with Gasteiger partial charge < -0.3 is 9.30 Å². The van der Waals surface area contributed by atoms with Crippen molar-refractivity contribution in [3.63, 3.8) is 0 Å². The first-order chi connectivity index (χ1) is 8.01.